The normalized spacial score (nSPS) is 13.5. The van der Waals surface area contributed by atoms with Gasteiger partial charge in [-0.1, -0.05) is 18.2 Å². The molecule has 0 unspecified atom stereocenters. The molecule has 0 amide bonds. The molecule has 0 N–H and O–H groups in total. The van der Waals surface area contributed by atoms with Crippen LogP contribution in [0.5, 0.6) is 0 Å². The van der Waals surface area contributed by atoms with Crippen LogP contribution < -0.4 is 0 Å². The molecule has 0 aromatic rings. The van der Waals surface area contributed by atoms with Crippen molar-refractivity contribution in [2.45, 2.75) is 13.8 Å². The largest absolute Gasteiger partial charge is 0.206 e. The van der Waals surface area contributed by atoms with Crippen molar-refractivity contribution in [1.29, 1.82) is 0 Å². The number of thioether (sulfide) groups is 1. The quantitative estimate of drug-likeness (QED) is 0.585. The summed E-state index contributed by atoms with van der Waals surface area (Å²) < 4.78 is 12.9. The van der Waals surface area contributed by atoms with Gasteiger partial charge in [0.25, 0.3) is 0 Å². The summed E-state index contributed by atoms with van der Waals surface area (Å²) in [5.41, 5.74) is 0.867. The Bertz CT molecular complexity index is 202. The third-order valence-electron chi connectivity index (χ3n) is 1.09. The van der Waals surface area contributed by atoms with Gasteiger partial charge >= 0.3 is 0 Å². The molecule has 0 bridgehead atoms. The number of halogens is 1. The minimum atomic E-state index is -0.180. The summed E-state index contributed by atoms with van der Waals surface area (Å²) in [4.78, 5) is 0.639. The Morgan fingerprint density at radius 2 is 2.09 bits per heavy atom. The van der Waals surface area contributed by atoms with Crippen LogP contribution in [0, 0.1) is 0 Å². The lowest BCUT2D eigenvalue weighted by Crippen LogP contribution is -1.77. The minimum Gasteiger partial charge on any atom is -0.206 e. The zero-order chi connectivity index (χ0) is 8.85. The third-order valence-corrected chi connectivity index (χ3v) is 1.84. The van der Waals surface area contributed by atoms with Crippen molar-refractivity contribution in [3.05, 3.63) is 35.0 Å². The molecule has 0 saturated heterocycles. The van der Waals surface area contributed by atoms with Crippen molar-refractivity contribution in [3.63, 3.8) is 0 Å². The minimum absolute atomic E-state index is 0.180. The lowest BCUT2D eigenvalue weighted by Gasteiger charge is -1.99. The average Bonchev–Trinajstić information content (AvgIpc) is 1.98. The van der Waals surface area contributed by atoms with Gasteiger partial charge in [-0.25, -0.2) is 4.39 Å². The molecule has 0 fully saturated rings. The molecule has 0 aliphatic carbocycles. The van der Waals surface area contributed by atoms with Gasteiger partial charge in [0, 0.05) is 4.91 Å². The van der Waals surface area contributed by atoms with E-state index in [9.17, 15) is 4.39 Å². The molecule has 0 aliphatic rings. The summed E-state index contributed by atoms with van der Waals surface area (Å²) in [6.45, 7) is 7.20. The Labute approximate surface area is 71.9 Å². The molecular formula is C9H13FS. The van der Waals surface area contributed by atoms with Crippen LogP contribution in [0.15, 0.2) is 35.0 Å². The predicted molar refractivity (Wildman–Crippen MR) is 51.3 cm³/mol. The Balaban J connectivity index is 4.53. The van der Waals surface area contributed by atoms with Gasteiger partial charge in [0.15, 0.2) is 0 Å². The lowest BCUT2D eigenvalue weighted by atomic mass is 10.3. The lowest BCUT2D eigenvalue weighted by molar-refractivity contribution is 0.661. The summed E-state index contributed by atoms with van der Waals surface area (Å²) in [7, 11) is 0. The molecule has 0 atom stereocenters. The molecule has 0 rings (SSSR count). The Kier molecular flexibility index (Phi) is 4.95. The fraction of sp³-hybridized carbons (Fsp3) is 0.333. The summed E-state index contributed by atoms with van der Waals surface area (Å²) in [5, 5.41) is 0. The molecule has 0 aromatic carbocycles. The predicted octanol–water partition coefficient (Wildman–Crippen LogP) is 3.68. The van der Waals surface area contributed by atoms with Crippen molar-refractivity contribution in [2.75, 3.05) is 6.26 Å². The van der Waals surface area contributed by atoms with E-state index in [0.717, 1.165) is 5.57 Å². The number of hydrogen-bond acceptors (Lipinski definition) is 1. The van der Waals surface area contributed by atoms with Gasteiger partial charge in [0.1, 0.15) is 5.83 Å². The van der Waals surface area contributed by atoms with Gasteiger partial charge in [-0.2, -0.15) is 0 Å². The molecule has 62 valence electrons. The fourth-order valence-electron chi connectivity index (χ4n) is 0.591. The van der Waals surface area contributed by atoms with Gasteiger partial charge in [-0.05, 0) is 26.2 Å². The number of allylic oxidation sites excluding steroid dienone is 4. The third kappa shape index (κ3) is 4.04. The zero-order valence-corrected chi connectivity index (χ0v) is 7.96. The van der Waals surface area contributed by atoms with E-state index in [0.29, 0.717) is 4.91 Å². The molecule has 0 heterocycles. The highest BCUT2D eigenvalue weighted by Gasteiger charge is 1.99. The zero-order valence-electron chi connectivity index (χ0n) is 7.15. The highest BCUT2D eigenvalue weighted by Crippen LogP contribution is 2.23. The van der Waals surface area contributed by atoms with E-state index in [1.54, 1.807) is 13.0 Å². The second-order valence-electron chi connectivity index (χ2n) is 2.20. The number of hydrogen-bond donors (Lipinski definition) is 0. The first-order valence-electron chi connectivity index (χ1n) is 3.35. The fourth-order valence-corrected chi connectivity index (χ4v) is 1.22. The van der Waals surface area contributed by atoms with E-state index >= 15 is 0 Å². The van der Waals surface area contributed by atoms with E-state index < -0.39 is 0 Å². The standard InChI is InChI=1S/C9H13FS/c1-5-8(10)9(11-4)6-7(2)3/h5-6H,2H2,1,3-4H3/b8-5+,9-6+. The molecule has 11 heavy (non-hydrogen) atoms. The Hall–Kier alpha value is -0.500. The van der Waals surface area contributed by atoms with E-state index in [1.165, 1.54) is 17.8 Å². The molecule has 0 spiro atoms. The van der Waals surface area contributed by atoms with Crippen molar-refractivity contribution >= 4 is 11.8 Å². The maximum Gasteiger partial charge on any atom is 0.132 e. The summed E-state index contributed by atoms with van der Waals surface area (Å²) in [6, 6.07) is 0. The molecule has 0 nitrogen and oxygen atoms in total. The highest BCUT2D eigenvalue weighted by atomic mass is 32.2. The smallest absolute Gasteiger partial charge is 0.132 e. The van der Waals surface area contributed by atoms with Crippen molar-refractivity contribution < 1.29 is 4.39 Å². The first kappa shape index (κ1) is 10.5. The summed E-state index contributed by atoms with van der Waals surface area (Å²) in [6.07, 6.45) is 5.03. The maximum atomic E-state index is 12.9. The van der Waals surface area contributed by atoms with Crippen molar-refractivity contribution in [1.82, 2.24) is 0 Å². The topological polar surface area (TPSA) is 0 Å². The highest BCUT2D eigenvalue weighted by molar-refractivity contribution is 8.02. The SMILES string of the molecule is C=C(C)/C=C(SC)\C(F)=C/C. The first-order valence-corrected chi connectivity index (χ1v) is 4.57. The van der Waals surface area contributed by atoms with Gasteiger partial charge in [-0.3, -0.25) is 0 Å². The average molecular weight is 172 g/mol. The van der Waals surface area contributed by atoms with Crippen LogP contribution >= 0.6 is 11.8 Å². The number of rotatable bonds is 3. The van der Waals surface area contributed by atoms with Gasteiger partial charge in [0.2, 0.25) is 0 Å². The van der Waals surface area contributed by atoms with E-state index in [-0.39, 0.29) is 5.83 Å². The van der Waals surface area contributed by atoms with Crippen LogP contribution in [0.4, 0.5) is 4.39 Å². The van der Waals surface area contributed by atoms with Crippen LogP contribution in [-0.4, -0.2) is 6.26 Å². The maximum absolute atomic E-state index is 12.9. The Morgan fingerprint density at radius 1 is 1.55 bits per heavy atom. The second-order valence-corrected chi connectivity index (χ2v) is 3.04. The van der Waals surface area contributed by atoms with Gasteiger partial charge < -0.3 is 0 Å². The molecule has 0 aromatic heterocycles. The molecule has 0 saturated carbocycles. The van der Waals surface area contributed by atoms with Gasteiger partial charge in [0.05, 0.1) is 0 Å². The molecular weight excluding hydrogens is 159 g/mol. The second kappa shape index (κ2) is 5.19. The van der Waals surface area contributed by atoms with Crippen LogP contribution in [0.25, 0.3) is 0 Å². The van der Waals surface area contributed by atoms with Crippen LogP contribution in [0.3, 0.4) is 0 Å². The summed E-state index contributed by atoms with van der Waals surface area (Å²) >= 11 is 1.39. The molecule has 0 radical (unpaired) electrons. The monoisotopic (exact) mass is 172 g/mol. The van der Waals surface area contributed by atoms with Crippen LogP contribution in [0.2, 0.25) is 0 Å². The van der Waals surface area contributed by atoms with Crippen LogP contribution in [-0.2, 0) is 0 Å². The van der Waals surface area contributed by atoms with Crippen molar-refractivity contribution in [3.8, 4) is 0 Å². The van der Waals surface area contributed by atoms with E-state index in [1.807, 2.05) is 13.2 Å². The van der Waals surface area contributed by atoms with Gasteiger partial charge in [-0.15, -0.1) is 11.8 Å². The molecule has 0 aliphatic heterocycles. The molecule has 2 heteroatoms. The summed E-state index contributed by atoms with van der Waals surface area (Å²) in [5.74, 6) is -0.180. The van der Waals surface area contributed by atoms with Crippen molar-refractivity contribution in [2.24, 2.45) is 0 Å². The van der Waals surface area contributed by atoms with Crippen LogP contribution in [0.1, 0.15) is 13.8 Å². The first-order chi connectivity index (χ1) is 5.11. The van der Waals surface area contributed by atoms with E-state index in [4.69, 9.17) is 0 Å². The van der Waals surface area contributed by atoms with E-state index in [2.05, 4.69) is 6.58 Å². The Morgan fingerprint density at radius 3 is 2.36 bits per heavy atom.